The number of rotatable bonds is 3. The molecule has 0 heterocycles. The number of hydrogen-bond donors (Lipinski definition) is 1. The first-order valence-corrected chi connectivity index (χ1v) is 4.91. The predicted octanol–water partition coefficient (Wildman–Crippen LogP) is 2.49. The van der Waals surface area contributed by atoms with Crippen LogP contribution < -0.4 is 0 Å². The molecular formula is C9H7BrF2O2. The second kappa shape index (κ2) is 4.50. The van der Waals surface area contributed by atoms with Gasteiger partial charge in [-0.25, -0.2) is 8.78 Å². The molecule has 0 spiro atoms. The molecule has 2 nitrogen and oxygen atoms in total. The van der Waals surface area contributed by atoms with E-state index in [1.165, 1.54) is 0 Å². The highest BCUT2D eigenvalue weighted by molar-refractivity contribution is 9.08. The standard InChI is InChI=1S/C9H7BrF2O2/c10-4-6-2-7(11)5(1-8(6)12)3-9(13)14/h1-2H,3-4H2,(H,13,14). The summed E-state index contributed by atoms with van der Waals surface area (Å²) in [4.78, 5) is 10.3. The van der Waals surface area contributed by atoms with Gasteiger partial charge < -0.3 is 5.11 Å². The number of alkyl halides is 1. The van der Waals surface area contributed by atoms with Crippen LogP contribution in [0.15, 0.2) is 12.1 Å². The molecule has 0 radical (unpaired) electrons. The van der Waals surface area contributed by atoms with Gasteiger partial charge in [0.15, 0.2) is 0 Å². The molecule has 0 fully saturated rings. The van der Waals surface area contributed by atoms with Crippen molar-refractivity contribution in [3.05, 3.63) is 34.9 Å². The molecule has 0 aromatic heterocycles. The topological polar surface area (TPSA) is 37.3 Å². The average molecular weight is 265 g/mol. The summed E-state index contributed by atoms with van der Waals surface area (Å²) < 4.78 is 26.2. The van der Waals surface area contributed by atoms with Crippen molar-refractivity contribution >= 4 is 21.9 Å². The Balaban J connectivity index is 3.08. The fraction of sp³-hybridized carbons (Fsp3) is 0.222. The van der Waals surface area contributed by atoms with Crippen LogP contribution in [0.3, 0.4) is 0 Å². The molecule has 0 aliphatic rings. The van der Waals surface area contributed by atoms with E-state index < -0.39 is 24.0 Å². The first kappa shape index (κ1) is 11.1. The van der Waals surface area contributed by atoms with Crippen molar-refractivity contribution in [3.63, 3.8) is 0 Å². The Labute approximate surface area is 87.7 Å². The largest absolute Gasteiger partial charge is 0.481 e. The van der Waals surface area contributed by atoms with Crippen molar-refractivity contribution in [3.8, 4) is 0 Å². The molecule has 76 valence electrons. The van der Waals surface area contributed by atoms with Gasteiger partial charge in [-0.3, -0.25) is 4.79 Å². The second-order valence-corrected chi connectivity index (χ2v) is 3.30. The van der Waals surface area contributed by atoms with Gasteiger partial charge in [0.05, 0.1) is 6.42 Å². The van der Waals surface area contributed by atoms with Crippen molar-refractivity contribution in [2.75, 3.05) is 0 Å². The van der Waals surface area contributed by atoms with E-state index >= 15 is 0 Å². The first-order chi connectivity index (χ1) is 6.54. The second-order valence-electron chi connectivity index (χ2n) is 2.74. The molecule has 14 heavy (non-hydrogen) atoms. The molecule has 1 aromatic rings. The van der Waals surface area contributed by atoms with Crippen LogP contribution in [0.1, 0.15) is 11.1 Å². The summed E-state index contributed by atoms with van der Waals surface area (Å²) in [5.74, 6) is -2.47. The number of benzene rings is 1. The fourth-order valence-electron chi connectivity index (χ4n) is 1.03. The highest BCUT2D eigenvalue weighted by Gasteiger charge is 2.11. The lowest BCUT2D eigenvalue weighted by Gasteiger charge is -2.03. The molecule has 0 saturated carbocycles. The molecule has 0 amide bonds. The Bertz CT molecular complexity index is 366. The van der Waals surface area contributed by atoms with Crippen LogP contribution >= 0.6 is 15.9 Å². The summed E-state index contributed by atoms with van der Waals surface area (Å²) in [7, 11) is 0. The van der Waals surface area contributed by atoms with Crippen molar-refractivity contribution in [2.45, 2.75) is 11.8 Å². The maximum atomic E-state index is 13.1. The summed E-state index contributed by atoms with van der Waals surface area (Å²) in [6.07, 6.45) is -0.509. The number of carboxylic acid groups (broad SMARTS) is 1. The van der Waals surface area contributed by atoms with Gasteiger partial charge >= 0.3 is 5.97 Å². The van der Waals surface area contributed by atoms with E-state index in [0.29, 0.717) is 0 Å². The lowest BCUT2D eigenvalue weighted by Crippen LogP contribution is -2.04. The van der Waals surface area contributed by atoms with E-state index in [-0.39, 0.29) is 16.5 Å². The molecule has 1 aromatic carbocycles. The lowest BCUT2D eigenvalue weighted by molar-refractivity contribution is -0.136. The van der Waals surface area contributed by atoms with E-state index in [1.807, 2.05) is 0 Å². The van der Waals surface area contributed by atoms with Gasteiger partial charge in [-0.05, 0) is 12.1 Å². The van der Waals surface area contributed by atoms with Gasteiger partial charge in [-0.1, -0.05) is 15.9 Å². The Morgan fingerprint density at radius 1 is 1.29 bits per heavy atom. The van der Waals surface area contributed by atoms with Crippen molar-refractivity contribution < 1.29 is 18.7 Å². The molecule has 1 N–H and O–H groups in total. The van der Waals surface area contributed by atoms with E-state index in [4.69, 9.17) is 5.11 Å². The third-order valence-corrected chi connectivity index (χ3v) is 2.31. The molecule has 0 unspecified atom stereocenters. The number of halogens is 3. The Morgan fingerprint density at radius 3 is 2.29 bits per heavy atom. The maximum absolute atomic E-state index is 13.1. The summed E-state index contributed by atoms with van der Waals surface area (Å²) in [6, 6.07) is 1.92. The monoisotopic (exact) mass is 264 g/mol. The van der Waals surface area contributed by atoms with Gasteiger partial charge in [0.25, 0.3) is 0 Å². The zero-order valence-corrected chi connectivity index (χ0v) is 8.64. The maximum Gasteiger partial charge on any atom is 0.307 e. The molecule has 5 heteroatoms. The zero-order valence-electron chi connectivity index (χ0n) is 7.06. The minimum absolute atomic E-state index is 0.139. The van der Waals surface area contributed by atoms with Gasteiger partial charge in [0.2, 0.25) is 0 Å². The molecular weight excluding hydrogens is 258 g/mol. The number of carboxylic acids is 1. The first-order valence-electron chi connectivity index (χ1n) is 3.79. The van der Waals surface area contributed by atoms with Gasteiger partial charge in [0, 0.05) is 16.5 Å². The third kappa shape index (κ3) is 2.51. The predicted molar refractivity (Wildman–Crippen MR) is 50.3 cm³/mol. The van der Waals surface area contributed by atoms with Crippen LogP contribution in [0.2, 0.25) is 0 Å². The lowest BCUT2D eigenvalue weighted by atomic mass is 10.1. The van der Waals surface area contributed by atoms with Gasteiger partial charge in [-0.15, -0.1) is 0 Å². The molecule has 0 aliphatic heterocycles. The van der Waals surface area contributed by atoms with Crippen LogP contribution in [0.4, 0.5) is 8.78 Å². The molecule has 0 bridgehead atoms. The Hall–Kier alpha value is -0.970. The number of carbonyl (C=O) groups is 1. The van der Waals surface area contributed by atoms with Crippen LogP contribution in [0.5, 0.6) is 0 Å². The zero-order chi connectivity index (χ0) is 10.7. The highest BCUT2D eigenvalue weighted by atomic mass is 79.9. The van der Waals surface area contributed by atoms with Crippen molar-refractivity contribution in [1.82, 2.24) is 0 Å². The SMILES string of the molecule is O=C(O)Cc1cc(F)c(CBr)cc1F. The Kier molecular flexibility index (Phi) is 3.57. The fourth-order valence-corrected chi connectivity index (χ4v) is 1.46. The normalized spacial score (nSPS) is 10.2. The quantitative estimate of drug-likeness (QED) is 0.852. The molecule has 0 aliphatic carbocycles. The van der Waals surface area contributed by atoms with Crippen LogP contribution in [-0.2, 0) is 16.5 Å². The van der Waals surface area contributed by atoms with Crippen molar-refractivity contribution in [2.24, 2.45) is 0 Å². The smallest absolute Gasteiger partial charge is 0.307 e. The van der Waals surface area contributed by atoms with E-state index in [0.717, 1.165) is 12.1 Å². The van der Waals surface area contributed by atoms with Crippen LogP contribution in [-0.4, -0.2) is 11.1 Å². The van der Waals surface area contributed by atoms with E-state index in [9.17, 15) is 13.6 Å². The molecule has 0 atom stereocenters. The number of hydrogen-bond acceptors (Lipinski definition) is 1. The summed E-state index contributed by atoms with van der Waals surface area (Å²) in [5.41, 5.74) is 0.0383. The summed E-state index contributed by atoms with van der Waals surface area (Å²) in [5, 5.41) is 8.61. The number of aliphatic carboxylic acids is 1. The van der Waals surface area contributed by atoms with E-state index in [1.54, 1.807) is 0 Å². The minimum atomic E-state index is -1.19. The van der Waals surface area contributed by atoms with Crippen molar-refractivity contribution in [1.29, 1.82) is 0 Å². The molecule has 1 rings (SSSR count). The van der Waals surface area contributed by atoms with E-state index in [2.05, 4.69) is 15.9 Å². The van der Waals surface area contributed by atoms with Crippen LogP contribution in [0, 0.1) is 11.6 Å². The van der Waals surface area contributed by atoms with Gasteiger partial charge in [0.1, 0.15) is 11.6 Å². The minimum Gasteiger partial charge on any atom is -0.481 e. The third-order valence-electron chi connectivity index (χ3n) is 1.70. The van der Waals surface area contributed by atoms with Gasteiger partial charge in [-0.2, -0.15) is 0 Å². The highest BCUT2D eigenvalue weighted by Crippen LogP contribution is 2.17. The summed E-state index contributed by atoms with van der Waals surface area (Å²) >= 11 is 2.99. The Morgan fingerprint density at radius 2 is 1.79 bits per heavy atom. The summed E-state index contributed by atoms with van der Waals surface area (Å²) in [6.45, 7) is 0. The average Bonchev–Trinajstić information content (AvgIpc) is 2.10. The van der Waals surface area contributed by atoms with Crippen LogP contribution in [0.25, 0.3) is 0 Å². The molecule has 0 saturated heterocycles.